The smallest absolute Gasteiger partial charge is 0.323 e. The molecule has 102 valence electrons. The third-order valence-electron chi connectivity index (χ3n) is 2.25. The van der Waals surface area contributed by atoms with Gasteiger partial charge in [0.15, 0.2) is 5.75 Å². The molecule has 0 unspecified atom stereocenters. The van der Waals surface area contributed by atoms with Crippen molar-refractivity contribution in [1.29, 1.82) is 5.26 Å². The summed E-state index contributed by atoms with van der Waals surface area (Å²) in [7, 11) is -3.84. The van der Waals surface area contributed by atoms with Crippen LogP contribution >= 0.6 is 0 Å². The Labute approximate surface area is 112 Å². The number of esters is 1. The van der Waals surface area contributed by atoms with Crippen LogP contribution in [0.15, 0.2) is 18.2 Å². The van der Waals surface area contributed by atoms with Crippen LogP contribution in [0.25, 0.3) is 0 Å². The minimum atomic E-state index is -3.84. The fraction of sp³-hybridized carbons (Fsp3) is 0.333. The molecule has 0 aliphatic rings. The number of nitriles is 1. The molecule has 0 atom stereocenters. The van der Waals surface area contributed by atoms with E-state index in [1.54, 1.807) is 26.0 Å². The Kier molecular flexibility index (Phi) is 4.89. The summed E-state index contributed by atoms with van der Waals surface area (Å²) in [5.41, 5.74) is 1.27. The van der Waals surface area contributed by atoms with Crippen LogP contribution in [0, 0.1) is 18.3 Å². The number of carbonyl (C=O) groups excluding carboxylic acids is 1. The molecule has 1 aromatic rings. The lowest BCUT2D eigenvalue weighted by molar-refractivity contribution is -0.139. The quantitative estimate of drug-likeness (QED) is 0.818. The van der Waals surface area contributed by atoms with Gasteiger partial charge in [0.05, 0.1) is 23.9 Å². The van der Waals surface area contributed by atoms with E-state index in [0.717, 1.165) is 0 Å². The number of carbonyl (C=O) groups is 1. The number of nitrogens with one attached hydrogen (secondary N) is 1. The van der Waals surface area contributed by atoms with Gasteiger partial charge < -0.3 is 4.74 Å². The molecule has 0 saturated carbocycles. The van der Waals surface area contributed by atoms with Crippen molar-refractivity contribution in [2.24, 2.45) is 0 Å². The normalized spacial score (nSPS) is 10.6. The predicted molar refractivity (Wildman–Crippen MR) is 69.9 cm³/mol. The Morgan fingerprint density at radius 3 is 2.74 bits per heavy atom. The molecule has 19 heavy (non-hydrogen) atoms. The molecule has 7 heteroatoms. The number of nitrogens with zero attached hydrogens (tertiary/aromatic N) is 1. The molecule has 0 radical (unpaired) electrons. The fourth-order valence-electron chi connectivity index (χ4n) is 1.36. The molecule has 0 fully saturated rings. The number of hydrogen-bond donors (Lipinski definition) is 1. The Morgan fingerprint density at radius 2 is 2.16 bits per heavy atom. The van der Waals surface area contributed by atoms with E-state index in [2.05, 4.69) is 9.46 Å². The van der Waals surface area contributed by atoms with Gasteiger partial charge in [0, 0.05) is 0 Å². The molecule has 0 aliphatic heterocycles. The standard InChI is InChI=1S/C12H14N2O4S/c1-3-18-12(15)8-19(16,17)14-11-6-10(7-13)5-4-9(11)2/h4-6,14H,3,8H2,1-2H3. The van der Waals surface area contributed by atoms with E-state index >= 15 is 0 Å². The first-order valence-electron chi connectivity index (χ1n) is 5.55. The second-order valence-corrected chi connectivity index (χ2v) is 5.53. The monoisotopic (exact) mass is 282 g/mol. The highest BCUT2D eigenvalue weighted by Gasteiger charge is 2.18. The van der Waals surface area contributed by atoms with E-state index in [1.807, 2.05) is 6.07 Å². The van der Waals surface area contributed by atoms with E-state index in [4.69, 9.17) is 5.26 Å². The SMILES string of the molecule is CCOC(=O)CS(=O)(=O)Nc1cc(C#N)ccc1C. The molecule has 0 bridgehead atoms. The van der Waals surface area contributed by atoms with Crippen molar-refractivity contribution < 1.29 is 17.9 Å². The fourth-order valence-corrected chi connectivity index (χ4v) is 2.38. The maximum absolute atomic E-state index is 11.7. The maximum atomic E-state index is 11.7. The molecule has 0 aromatic heterocycles. The molecule has 1 N–H and O–H groups in total. The lowest BCUT2D eigenvalue weighted by Crippen LogP contribution is -2.24. The number of aryl methyl sites for hydroxylation is 1. The van der Waals surface area contributed by atoms with Gasteiger partial charge in [0.2, 0.25) is 10.0 Å². The number of ether oxygens (including phenoxy) is 1. The van der Waals surface area contributed by atoms with Gasteiger partial charge in [-0.2, -0.15) is 5.26 Å². The average molecular weight is 282 g/mol. The van der Waals surface area contributed by atoms with Gasteiger partial charge >= 0.3 is 5.97 Å². The molecule has 0 spiro atoms. The summed E-state index contributed by atoms with van der Waals surface area (Å²) in [6.45, 7) is 3.42. The van der Waals surface area contributed by atoms with Gasteiger partial charge in [0.25, 0.3) is 0 Å². The third-order valence-corrected chi connectivity index (χ3v) is 3.39. The lowest BCUT2D eigenvalue weighted by atomic mass is 10.1. The number of hydrogen-bond acceptors (Lipinski definition) is 5. The van der Waals surface area contributed by atoms with Gasteiger partial charge in [0.1, 0.15) is 0 Å². The molecule has 6 nitrogen and oxygen atoms in total. The predicted octanol–water partition coefficient (Wildman–Crippen LogP) is 1.17. The molecule has 1 rings (SSSR count). The van der Waals surface area contributed by atoms with Crippen LogP contribution in [0.4, 0.5) is 5.69 Å². The Hall–Kier alpha value is -2.07. The minimum Gasteiger partial charge on any atom is -0.465 e. The second kappa shape index (κ2) is 6.20. The Balaban J connectivity index is 2.90. The molecular weight excluding hydrogens is 268 g/mol. The first kappa shape index (κ1) is 15.0. The molecule has 1 aromatic carbocycles. The molecular formula is C12H14N2O4S. The largest absolute Gasteiger partial charge is 0.465 e. The highest BCUT2D eigenvalue weighted by molar-refractivity contribution is 7.93. The van der Waals surface area contributed by atoms with Crippen LogP contribution in [0.5, 0.6) is 0 Å². The van der Waals surface area contributed by atoms with Crippen molar-refractivity contribution in [1.82, 2.24) is 0 Å². The van der Waals surface area contributed by atoms with Crippen LogP contribution in [0.1, 0.15) is 18.1 Å². The second-order valence-electron chi connectivity index (χ2n) is 3.81. The zero-order valence-electron chi connectivity index (χ0n) is 10.6. The summed E-state index contributed by atoms with van der Waals surface area (Å²) in [6.07, 6.45) is 0. The summed E-state index contributed by atoms with van der Waals surface area (Å²) < 4.78 is 30.3. The number of anilines is 1. The third kappa shape index (κ3) is 4.60. The van der Waals surface area contributed by atoms with Crippen LogP contribution in [-0.4, -0.2) is 26.7 Å². The zero-order chi connectivity index (χ0) is 14.5. The maximum Gasteiger partial charge on any atom is 0.323 e. The van der Waals surface area contributed by atoms with Gasteiger partial charge in [-0.1, -0.05) is 6.07 Å². The number of rotatable bonds is 5. The van der Waals surface area contributed by atoms with Gasteiger partial charge in [-0.05, 0) is 31.5 Å². The Bertz CT molecular complexity index is 617. The van der Waals surface area contributed by atoms with Gasteiger partial charge in [-0.25, -0.2) is 8.42 Å². The Morgan fingerprint density at radius 1 is 1.47 bits per heavy atom. The van der Waals surface area contributed by atoms with E-state index in [-0.39, 0.29) is 12.3 Å². The minimum absolute atomic E-state index is 0.122. The summed E-state index contributed by atoms with van der Waals surface area (Å²) in [4.78, 5) is 11.2. The summed E-state index contributed by atoms with van der Waals surface area (Å²) in [5, 5.41) is 8.77. The molecule has 0 heterocycles. The van der Waals surface area contributed by atoms with Crippen molar-refractivity contribution in [2.75, 3.05) is 17.1 Å². The van der Waals surface area contributed by atoms with Gasteiger partial charge in [-0.3, -0.25) is 9.52 Å². The van der Waals surface area contributed by atoms with Crippen LogP contribution in [0.2, 0.25) is 0 Å². The average Bonchev–Trinajstić information content (AvgIpc) is 2.31. The van der Waals surface area contributed by atoms with E-state index in [0.29, 0.717) is 11.1 Å². The van der Waals surface area contributed by atoms with Gasteiger partial charge in [-0.15, -0.1) is 0 Å². The topological polar surface area (TPSA) is 96.3 Å². The summed E-state index contributed by atoms with van der Waals surface area (Å²) >= 11 is 0. The number of sulfonamides is 1. The molecule has 0 saturated heterocycles. The van der Waals surface area contributed by atoms with E-state index < -0.39 is 21.7 Å². The lowest BCUT2D eigenvalue weighted by Gasteiger charge is -2.10. The first-order chi connectivity index (χ1) is 8.88. The van der Waals surface area contributed by atoms with Crippen LogP contribution in [-0.2, 0) is 19.6 Å². The zero-order valence-corrected chi connectivity index (χ0v) is 11.5. The highest BCUT2D eigenvalue weighted by Crippen LogP contribution is 2.18. The highest BCUT2D eigenvalue weighted by atomic mass is 32.2. The van der Waals surface area contributed by atoms with Crippen molar-refractivity contribution in [3.8, 4) is 6.07 Å². The van der Waals surface area contributed by atoms with E-state index in [1.165, 1.54) is 6.07 Å². The molecule has 0 aliphatic carbocycles. The molecule has 0 amide bonds. The van der Waals surface area contributed by atoms with Crippen molar-refractivity contribution in [3.63, 3.8) is 0 Å². The van der Waals surface area contributed by atoms with E-state index in [9.17, 15) is 13.2 Å². The van der Waals surface area contributed by atoms with Crippen molar-refractivity contribution in [2.45, 2.75) is 13.8 Å². The van der Waals surface area contributed by atoms with Crippen LogP contribution in [0.3, 0.4) is 0 Å². The first-order valence-corrected chi connectivity index (χ1v) is 7.20. The van der Waals surface area contributed by atoms with Crippen LogP contribution < -0.4 is 4.72 Å². The van der Waals surface area contributed by atoms with Crippen molar-refractivity contribution >= 4 is 21.7 Å². The summed E-state index contributed by atoms with van der Waals surface area (Å²) in [6, 6.07) is 6.54. The number of benzene rings is 1. The summed E-state index contributed by atoms with van der Waals surface area (Å²) in [5.74, 6) is -1.57. The van der Waals surface area contributed by atoms with Crippen molar-refractivity contribution in [3.05, 3.63) is 29.3 Å².